The Labute approximate surface area is 262 Å². The smallest absolute Gasteiger partial charge is 0.254 e. The molecule has 1 aliphatic heterocycles. The number of nitrogens with zero attached hydrogens (tertiary/aromatic N) is 2. The zero-order valence-corrected chi connectivity index (χ0v) is 27.0. The quantitative estimate of drug-likeness (QED) is 0.201. The maximum Gasteiger partial charge on any atom is 0.254 e. The Morgan fingerprint density at radius 2 is 1.27 bits per heavy atom. The number of hydrogen-bond acceptors (Lipinski definition) is 3. The zero-order valence-electron chi connectivity index (χ0n) is 24.8. The van der Waals surface area contributed by atoms with Gasteiger partial charge in [0.2, 0.25) is 0 Å². The van der Waals surface area contributed by atoms with Crippen LogP contribution in [0.3, 0.4) is 0 Å². The van der Waals surface area contributed by atoms with Crippen molar-refractivity contribution in [2.24, 2.45) is 0 Å². The van der Waals surface area contributed by atoms with Crippen LogP contribution in [-0.2, 0) is 4.79 Å². The molecule has 216 valence electrons. The van der Waals surface area contributed by atoms with Crippen molar-refractivity contribution < 1.29 is 42.8 Å². The van der Waals surface area contributed by atoms with Crippen LogP contribution in [0.4, 0.5) is 0 Å². The standard InChI is InChI=1S/C35H41N2O3.HI/c1-6-37(5,7-2)20-21-40-33-18-16-30(17-19-33)35(39)36-24-31(22-28-12-8-26(3)9-13-28)34(38)32(25-36)23-29-14-10-27(4)11-15-29;/h8-19,22-23H,6-7,20-21,24-25H2,1-5H3;1H/q+1;/p-1/b31-22+,32-23+;. The minimum absolute atomic E-state index is 0. The van der Waals surface area contributed by atoms with Gasteiger partial charge in [-0.25, -0.2) is 0 Å². The molecule has 1 aliphatic rings. The molecule has 3 aromatic carbocycles. The predicted octanol–water partition coefficient (Wildman–Crippen LogP) is 3.36. The maximum atomic E-state index is 13.6. The average molecular weight is 665 g/mol. The summed E-state index contributed by atoms with van der Waals surface area (Å²) < 4.78 is 6.94. The molecule has 1 fully saturated rings. The van der Waals surface area contributed by atoms with Crippen LogP contribution in [0.25, 0.3) is 12.2 Å². The summed E-state index contributed by atoms with van der Waals surface area (Å²) in [7, 11) is 2.23. The molecule has 0 spiro atoms. The molecule has 0 N–H and O–H groups in total. The number of amides is 1. The lowest BCUT2D eigenvalue weighted by Crippen LogP contribution is -3.00. The molecule has 1 heterocycles. The van der Waals surface area contributed by atoms with Crippen molar-refractivity contribution in [3.63, 3.8) is 0 Å². The van der Waals surface area contributed by atoms with Gasteiger partial charge in [-0.3, -0.25) is 9.59 Å². The molecule has 0 saturated carbocycles. The summed E-state index contributed by atoms with van der Waals surface area (Å²) in [6.07, 6.45) is 3.81. The van der Waals surface area contributed by atoms with E-state index in [-0.39, 0.29) is 48.8 Å². The van der Waals surface area contributed by atoms with Crippen LogP contribution in [0, 0.1) is 13.8 Å². The van der Waals surface area contributed by atoms with Gasteiger partial charge in [0.1, 0.15) is 18.9 Å². The third kappa shape index (κ3) is 8.63. The summed E-state index contributed by atoms with van der Waals surface area (Å²) >= 11 is 0. The van der Waals surface area contributed by atoms with Crippen LogP contribution in [0.15, 0.2) is 83.9 Å². The number of likely N-dealkylation sites (tertiary alicyclic amines) is 1. The predicted molar refractivity (Wildman–Crippen MR) is 163 cm³/mol. The second-order valence-electron chi connectivity index (χ2n) is 11.0. The van der Waals surface area contributed by atoms with E-state index in [0.717, 1.165) is 52.1 Å². The van der Waals surface area contributed by atoms with Gasteiger partial charge in [-0.2, -0.15) is 0 Å². The largest absolute Gasteiger partial charge is 1.00 e. The maximum absolute atomic E-state index is 13.6. The van der Waals surface area contributed by atoms with Crippen LogP contribution in [0.2, 0.25) is 0 Å². The second-order valence-corrected chi connectivity index (χ2v) is 11.0. The highest BCUT2D eigenvalue weighted by Gasteiger charge is 2.29. The minimum Gasteiger partial charge on any atom is -1.00 e. The van der Waals surface area contributed by atoms with E-state index in [4.69, 9.17) is 4.74 Å². The number of Topliss-reactive ketones (excluding diaryl/α,β-unsaturated/α-hetero) is 1. The van der Waals surface area contributed by atoms with E-state index in [2.05, 4.69) is 20.9 Å². The van der Waals surface area contributed by atoms with Crippen molar-refractivity contribution >= 4 is 23.8 Å². The van der Waals surface area contributed by atoms with Gasteiger partial charge >= 0.3 is 0 Å². The van der Waals surface area contributed by atoms with Gasteiger partial charge in [-0.15, -0.1) is 0 Å². The number of rotatable bonds is 9. The SMILES string of the molecule is CC[N+](C)(CC)CCOc1ccc(C(=O)N2C/C(=C\c3ccc(C)cc3)C(=O)/C(=C/c3ccc(C)cc3)C2)cc1.[I-]. The highest BCUT2D eigenvalue weighted by molar-refractivity contribution is 6.15. The first-order chi connectivity index (χ1) is 19.2. The molecule has 0 radical (unpaired) electrons. The molecule has 1 amide bonds. The number of aryl methyl sites for hydroxylation is 2. The van der Waals surface area contributed by atoms with Crippen LogP contribution in [-0.4, -0.2) is 67.5 Å². The molecule has 0 bridgehead atoms. The molecule has 6 heteroatoms. The summed E-state index contributed by atoms with van der Waals surface area (Å²) in [4.78, 5) is 28.9. The number of piperidine rings is 1. The van der Waals surface area contributed by atoms with Crippen molar-refractivity contribution in [1.29, 1.82) is 0 Å². The molecule has 0 aliphatic carbocycles. The van der Waals surface area contributed by atoms with Crippen LogP contribution < -0.4 is 28.7 Å². The summed E-state index contributed by atoms with van der Waals surface area (Å²) in [5.41, 5.74) is 5.99. The Bertz CT molecular complexity index is 1320. The number of carbonyl (C=O) groups excluding carboxylic acids is 2. The van der Waals surface area contributed by atoms with Gasteiger partial charge in [0.05, 0.1) is 33.2 Å². The molecule has 0 unspecified atom stereocenters. The summed E-state index contributed by atoms with van der Waals surface area (Å²) in [6, 6.07) is 23.5. The number of quaternary nitrogens is 1. The van der Waals surface area contributed by atoms with Gasteiger partial charge in [0.25, 0.3) is 5.91 Å². The topological polar surface area (TPSA) is 46.6 Å². The van der Waals surface area contributed by atoms with Crippen molar-refractivity contribution in [2.45, 2.75) is 27.7 Å². The summed E-state index contributed by atoms with van der Waals surface area (Å²) in [5.74, 6) is 0.632. The lowest BCUT2D eigenvalue weighted by molar-refractivity contribution is -0.906. The highest BCUT2D eigenvalue weighted by Crippen LogP contribution is 2.25. The van der Waals surface area contributed by atoms with E-state index >= 15 is 0 Å². The molecular formula is C35H41IN2O3. The highest BCUT2D eigenvalue weighted by atomic mass is 127. The van der Waals surface area contributed by atoms with Crippen LogP contribution in [0.5, 0.6) is 5.75 Å². The van der Waals surface area contributed by atoms with Gasteiger partial charge in [0, 0.05) is 16.7 Å². The third-order valence-electron chi connectivity index (χ3n) is 7.96. The molecule has 41 heavy (non-hydrogen) atoms. The number of halogens is 1. The van der Waals surface area contributed by atoms with Crippen molar-refractivity contribution in [3.05, 3.63) is 112 Å². The van der Waals surface area contributed by atoms with Crippen molar-refractivity contribution in [3.8, 4) is 5.75 Å². The Hall–Kier alpha value is -3.23. The van der Waals surface area contributed by atoms with Crippen molar-refractivity contribution in [1.82, 2.24) is 4.90 Å². The second kappa shape index (κ2) is 14.6. The van der Waals surface area contributed by atoms with Crippen LogP contribution >= 0.6 is 0 Å². The normalized spacial score (nSPS) is 15.6. The number of hydrogen-bond donors (Lipinski definition) is 0. The fraction of sp³-hybridized carbons (Fsp3) is 0.314. The lowest BCUT2D eigenvalue weighted by atomic mass is 9.93. The monoisotopic (exact) mass is 664 g/mol. The third-order valence-corrected chi connectivity index (χ3v) is 7.96. The number of ketones is 1. The first-order valence-electron chi connectivity index (χ1n) is 14.1. The minimum atomic E-state index is -0.107. The average Bonchev–Trinajstić information content (AvgIpc) is 2.97. The number of likely N-dealkylation sites (N-methyl/N-ethyl adjacent to an activating group) is 1. The molecule has 5 nitrogen and oxygen atoms in total. The Morgan fingerprint density at radius 3 is 1.71 bits per heavy atom. The zero-order chi connectivity index (χ0) is 28.7. The van der Waals surface area contributed by atoms with E-state index in [0.29, 0.717) is 23.3 Å². The van der Waals surface area contributed by atoms with Gasteiger partial charge in [-0.05, 0) is 75.2 Å². The van der Waals surface area contributed by atoms with E-state index in [9.17, 15) is 9.59 Å². The first kappa shape index (κ1) is 32.3. The van der Waals surface area contributed by atoms with Gasteiger partial charge in [0.15, 0.2) is 5.78 Å². The van der Waals surface area contributed by atoms with E-state index in [1.165, 1.54) is 0 Å². The number of ether oxygens (including phenoxy) is 1. The molecular weight excluding hydrogens is 623 g/mol. The van der Waals surface area contributed by atoms with E-state index in [1.54, 1.807) is 4.90 Å². The van der Waals surface area contributed by atoms with E-state index in [1.807, 2.05) is 98.8 Å². The van der Waals surface area contributed by atoms with Crippen LogP contribution in [0.1, 0.15) is 46.5 Å². The number of carbonyl (C=O) groups is 2. The molecule has 0 aromatic heterocycles. The van der Waals surface area contributed by atoms with E-state index < -0.39 is 0 Å². The molecule has 3 aromatic rings. The fourth-order valence-corrected chi connectivity index (χ4v) is 4.71. The van der Waals surface area contributed by atoms with Gasteiger partial charge < -0.3 is 38.1 Å². The van der Waals surface area contributed by atoms with Gasteiger partial charge in [-0.1, -0.05) is 59.7 Å². The lowest BCUT2D eigenvalue weighted by Gasteiger charge is -2.31. The molecule has 1 saturated heterocycles. The molecule has 0 atom stereocenters. The van der Waals surface area contributed by atoms with Crippen molar-refractivity contribution in [2.75, 3.05) is 46.4 Å². The summed E-state index contributed by atoms with van der Waals surface area (Å²) in [6.45, 7) is 12.7. The molecule has 4 rings (SSSR count). The summed E-state index contributed by atoms with van der Waals surface area (Å²) in [5, 5.41) is 0. The first-order valence-corrected chi connectivity index (χ1v) is 14.1. The Kier molecular flexibility index (Phi) is 11.5. The Balaban J connectivity index is 0.00000462. The fourth-order valence-electron chi connectivity index (χ4n) is 4.71. The number of benzene rings is 3. The Morgan fingerprint density at radius 1 is 0.805 bits per heavy atom.